The summed E-state index contributed by atoms with van der Waals surface area (Å²) in [6.07, 6.45) is 1.74. The molecule has 30 heavy (non-hydrogen) atoms. The summed E-state index contributed by atoms with van der Waals surface area (Å²) in [6.45, 7) is 10.00. The van der Waals surface area contributed by atoms with Gasteiger partial charge in [0.2, 0.25) is 0 Å². The Labute approximate surface area is 183 Å². The minimum absolute atomic E-state index is 0.0249. The Morgan fingerprint density at radius 1 is 1.30 bits per heavy atom. The Kier molecular flexibility index (Phi) is 7.09. The minimum atomic E-state index is -0.990. The van der Waals surface area contributed by atoms with Crippen molar-refractivity contribution in [2.45, 2.75) is 65.0 Å². The lowest BCUT2D eigenvalue weighted by atomic mass is 9.96. The molecule has 0 saturated carbocycles. The summed E-state index contributed by atoms with van der Waals surface area (Å²) in [5.74, 6) is 0.822. The largest absolute Gasteiger partial charge is 0.489 e. The van der Waals surface area contributed by atoms with E-state index in [9.17, 15) is 9.90 Å². The summed E-state index contributed by atoms with van der Waals surface area (Å²) >= 11 is 6.21. The highest BCUT2D eigenvalue weighted by molar-refractivity contribution is 6.32. The highest BCUT2D eigenvalue weighted by atomic mass is 35.5. The number of hydrogen-bond donors (Lipinski definition) is 1. The van der Waals surface area contributed by atoms with Crippen LogP contribution in [0.4, 0.5) is 0 Å². The Morgan fingerprint density at radius 3 is 2.77 bits per heavy atom. The Balaban J connectivity index is 1.66. The average Bonchev–Trinajstić information content (AvgIpc) is 3.06. The second kappa shape index (κ2) is 9.40. The summed E-state index contributed by atoms with van der Waals surface area (Å²) < 4.78 is 7.64. The van der Waals surface area contributed by atoms with E-state index in [2.05, 4.69) is 18.9 Å². The van der Waals surface area contributed by atoms with Gasteiger partial charge in [0.1, 0.15) is 23.7 Å². The molecule has 1 aromatic heterocycles. The van der Waals surface area contributed by atoms with E-state index in [1.54, 1.807) is 10.7 Å². The van der Waals surface area contributed by atoms with Gasteiger partial charge in [-0.1, -0.05) is 31.5 Å². The van der Waals surface area contributed by atoms with Crippen LogP contribution in [0.2, 0.25) is 5.02 Å². The molecular formula is C23H32ClN3O3. The van der Waals surface area contributed by atoms with Gasteiger partial charge in [-0.15, -0.1) is 0 Å². The number of amides is 1. The van der Waals surface area contributed by atoms with Gasteiger partial charge in [-0.3, -0.25) is 9.48 Å². The van der Waals surface area contributed by atoms with Crippen LogP contribution in [-0.4, -0.2) is 51.0 Å². The summed E-state index contributed by atoms with van der Waals surface area (Å²) in [5, 5.41) is 16.2. The Bertz CT molecular complexity index is 896. The normalized spacial score (nSPS) is 19.8. The number of carbonyl (C=O) groups is 1. The van der Waals surface area contributed by atoms with Crippen molar-refractivity contribution < 1.29 is 14.6 Å². The highest BCUT2D eigenvalue weighted by Gasteiger charge is 2.33. The van der Waals surface area contributed by atoms with Crippen LogP contribution >= 0.6 is 11.6 Å². The molecule has 1 aliphatic rings. The molecule has 1 unspecified atom stereocenters. The molecule has 3 rings (SSSR count). The van der Waals surface area contributed by atoms with Gasteiger partial charge in [0.15, 0.2) is 0 Å². The number of rotatable bonds is 6. The van der Waals surface area contributed by atoms with E-state index >= 15 is 0 Å². The van der Waals surface area contributed by atoms with Gasteiger partial charge in [0, 0.05) is 19.6 Å². The van der Waals surface area contributed by atoms with Crippen LogP contribution in [0.5, 0.6) is 5.75 Å². The molecular weight excluding hydrogens is 402 g/mol. The van der Waals surface area contributed by atoms with Gasteiger partial charge in [-0.05, 0) is 62.8 Å². The van der Waals surface area contributed by atoms with Gasteiger partial charge >= 0.3 is 0 Å². The van der Waals surface area contributed by atoms with Gasteiger partial charge in [-0.25, -0.2) is 0 Å². The molecule has 1 fully saturated rings. The smallest absolute Gasteiger partial charge is 0.272 e. The van der Waals surface area contributed by atoms with E-state index in [1.807, 2.05) is 36.9 Å². The molecule has 1 aliphatic heterocycles. The van der Waals surface area contributed by atoms with Crippen molar-refractivity contribution >= 4 is 17.5 Å². The molecule has 1 atom stereocenters. The second-order valence-corrected chi connectivity index (χ2v) is 8.92. The average molecular weight is 434 g/mol. The third kappa shape index (κ3) is 5.16. The van der Waals surface area contributed by atoms with Crippen molar-refractivity contribution in [1.82, 2.24) is 14.7 Å². The quantitative estimate of drug-likeness (QED) is 0.731. The molecule has 0 spiro atoms. The number of likely N-dealkylation sites (tertiary alicyclic amines) is 1. The third-order valence-corrected chi connectivity index (χ3v) is 6.01. The van der Waals surface area contributed by atoms with Gasteiger partial charge in [-0.2, -0.15) is 5.10 Å². The molecule has 2 aromatic rings. The summed E-state index contributed by atoms with van der Waals surface area (Å²) in [6, 6.07) is 7.49. The van der Waals surface area contributed by atoms with Crippen LogP contribution < -0.4 is 4.74 Å². The number of aromatic nitrogens is 2. The zero-order valence-electron chi connectivity index (χ0n) is 18.3. The summed E-state index contributed by atoms with van der Waals surface area (Å²) in [5.41, 5.74) is 1.60. The number of benzene rings is 1. The van der Waals surface area contributed by atoms with Crippen LogP contribution in [0.25, 0.3) is 0 Å². The van der Waals surface area contributed by atoms with E-state index in [0.29, 0.717) is 55.4 Å². The topological polar surface area (TPSA) is 67.6 Å². The maximum Gasteiger partial charge on any atom is 0.272 e. The molecule has 1 aromatic carbocycles. The number of nitrogens with zero attached hydrogens (tertiary/aromatic N) is 3. The first-order chi connectivity index (χ1) is 14.2. The van der Waals surface area contributed by atoms with E-state index in [-0.39, 0.29) is 18.4 Å². The molecule has 0 bridgehead atoms. The fourth-order valence-corrected chi connectivity index (χ4v) is 3.93. The predicted octanol–water partition coefficient (Wildman–Crippen LogP) is 4.42. The molecule has 7 heteroatoms. The maximum atomic E-state index is 13.2. The number of aryl methyl sites for hydroxylation is 2. The summed E-state index contributed by atoms with van der Waals surface area (Å²) in [7, 11) is 0. The zero-order valence-corrected chi connectivity index (χ0v) is 19.1. The fourth-order valence-electron chi connectivity index (χ4n) is 3.75. The van der Waals surface area contributed by atoms with Crippen LogP contribution in [0.15, 0.2) is 24.3 Å². The number of aliphatic hydroxyl groups is 1. The first-order valence-corrected chi connectivity index (χ1v) is 11.1. The van der Waals surface area contributed by atoms with Gasteiger partial charge < -0.3 is 14.7 Å². The van der Waals surface area contributed by atoms with E-state index < -0.39 is 5.60 Å². The van der Waals surface area contributed by atoms with Crippen molar-refractivity contribution in [2.24, 2.45) is 0 Å². The van der Waals surface area contributed by atoms with E-state index in [4.69, 9.17) is 16.3 Å². The predicted molar refractivity (Wildman–Crippen MR) is 118 cm³/mol. The lowest BCUT2D eigenvalue weighted by Crippen LogP contribution is -2.38. The first kappa shape index (κ1) is 22.6. The third-order valence-electron chi connectivity index (χ3n) is 5.70. The SMILES string of the molecule is CCn1nc(C(C)C)cc1C(=O)N1CCCC(O)(COc2cc(C)ccc2Cl)CC1. The first-order valence-electron chi connectivity index (χ1n) is 10.7. The zero-order chi connectivity index (χ0) is 21.9. The second-order valence-electron chi connectivity index (χ2n) is 8.52. The molecule has 1 amide bonds. The molecule has 1 N–H and O–H groups in total. The number of ether oxygens (including phenoxy) is 1. The summed E-state index contributed by atoms with van der Waals surface area (Å²) in [4.78, 5) is 15.0. The number of hydrogen-bond acceptors (Lipinski definition) is 4. The highest BCUT2D eigenvalue weighted by Crippen LogP contribution is 2.29. The minimum Gasteiger partial charge on any atom is -0.489 e. The fraction of sp³-hybridized carbons (Fsp3) is 0.565. The standard InChI is InChI=1S/C23H32ClN3O3/c1-5-27-20(14-19(25-27)16(2)3)22(28)26-11-6-9-23(29,10-12-26)15-30-21-13-17(4)7-8-18(21)24/h7-8,13-14,16,29H,5-6,9-12,15H2,1-4H3. The lowest BCUT2D eigenvalue weighted by molar-refractivity contribution is -0.0163. The lowest BCUT2D eigenvalue weighted by Gasteiger charge is -2.27. The van der Waals surface area contributed by atoms with Crippen molar-refractivity contribution in [2.75, 3.05) is 19.7 Å². The van der Waals surface area contributed by atoms with Gasteiger partial charge in [0.25, 0.3) is 5.91 Å². The van der Waals surface area contributed by atoms with E-state index in [0.717, 1.165) is 11.3 Å². The van der Waals surface area contributed by atoms with Crippen molar-refractivity contribution in [3.8, 4) is 5.75 Å². The Hall–Kier alpha value is -2.05. The molecule has 2 heterocycles. The van der Waals surface area contributed by atoms with Crippen molar-refractivity contribution in [3.63, 3.8) is 0 Å². The molecule has 0 radical (unpaired) electrons. The monoisotopic (exact) mass is 433 g/mol. The van der Waals surface area contributed by atoms with Gasteiger partial charge in [0.05, 0.1) is 10.7 Å². The maximum absolute atomic E-state index is 13.2. The van der Waals surface area contributed by atoms with E-state index in [1.165, 1.54) is 0 Å². The Morgan fingerprint density at radius 2 is 2.07 bits per heavy atom. The molecule has 1 saturated heterocycles. The number of halogens is 1. The molecule has 164 valence electrons. The molecule has 0 aliphatic carbocycles. The number of carbonyl (C=O) groups excluding carboxylic acids is 1. The van der Waals surface area contributed by atoms with Crippen LogP contribution in [-0.2, 0) is 6.54 Å². The van der Waals surface area contributed by atoms with Crippen molar-refractivity contribution in [3.05, 3.63) is 46.2 Å². The van der Waals surface area contributed by atoms with Crippen LogP contribution in [0, 0.1) is 6.92 Å². The van der Waals surface area contributed by atoms with Crippen LogP contribution in [0.1, 0.15) is 67.7 Å². The molecule has 6 nitrogen and oxygen atoms in total. The van der Waals surface area contributed by atoms with Crippen LogP contribution in [0.3, 0.4) is 0 Å². The van der Waals surface area contributed by atoms with Crippen molar-refractivity contribution in [1.29, 1.82) is 0 Å².